The number of H-pyrrole nitrogens is 1. The van der Waals surface area contributed by atoms with E-state index in [1.165, 1.54) is 18.1 Å². The van der Waals surface area contributed by atoms with Gasteiger partial charge in [0.2, 0.25) is 11.8 Å². The zero-order valence-corrected chi connectivity index (χ0v) is 18.8. The molecule has 31 heavy (non-hydrogen) atoms. The quantitative estimate of drug-likeness (QED) is 0.493. The molecule has 0 unspecified atom stereocenters. The average molecular weight is 438 g/mol. The second kappa shape index (κ2) is 10.3. The van der Waals surface area contributed by atoms with Crippen LogP contribution in [0.5, 0.6) is 0 Å². The molecule has 7 nitrogen and oxygen atoms in total. The van der Waals surface area contributed by atoms with Crippen molar-refractivity contribution in [2.24, 2.45) is 0 Å². The van der Waals surface area contributed by atoms with E-state index in [4.69, 9.17) is 0 Å². The van der Waals surface area contributed by atoms with Gasteiger partial charge in [-0.15, -0.1) is 0 Å². The SMILES string of the molecule is CC[C@@](C)(C(=O)Nc1ccc(C)cc1)N(Cc1ccccc1)C(=O)CSc1ncn[nH]1. The lowest BCUT2D eigenvalue weighted by Gasteiger charge is -2.39. The number of carbonyl (C=O) groups excluding carboxylic acids is 2. The highest BCUT2D eigenvalue weighted by atomic mass is 32.2. The molecule has 0 spiro atoms. The molecule has 3 rings (SSSR count). The van der Waals surface area contributed by atoms with Crippen LogP contribution in [0.3, 0.4) is 0 Å². The normalized spacial score (nSPS) is 12.7. The van der Waals surface area contributed by atoms with Crippen LogP contribution >= 0.6 is 11.8 Å². The number of aromatic nitrogens is 3. The number of rotatable bonds is 9. The van der Waals surface area contributed by atoms with Crippen LogP contribution < -0.4 is 5.32 Å². The van der Waals surface area contributed by atoms with Gasteiger partial charge in [-0.2, -0.15) is 5.10 Å². The highest BCUT2D eigenvalue weighted by Gasteiger charge is 2.40. The Balaban J connectivity index is 1.84. The Bertz CT molecular complexity index is 993. The first-order valence-corrected chi connectivity index (χ1v) is 11.1. The molecular formula is C23H27N5O2S. The highest BCUT2D eigenvalue weighted by molar-refractivity contribution is 7.99. The zero-order valence-electron chi connectivity index (χ0n) is 18.0. The number of aryl methyl sites for hydroxylation is 1. The van der Waals surface area contributed by atoms with E-state index in [9.17, 15) is 9.59 Å². The van der Waals surface area contributed by atoms with Crippen LogP contribution in [0.25, 0.3) is 0 Å². The first-order chi connectivity index (χ1) is 14.9. The molecule has 2 N–H and O–H groups in total. The Labute approximate surface area is 186 Å². The molecule has 3 aromatic rings. The summed E-state index contributed by atoms with van der Waals surface area (Å²) < 4.78 is 0. The summed E-state index contributed by atoms with van der Waals surface area (Å²) in [6.07, 6.45) is 1.87. The standard InChI is InChI=1S/C23H27N5O2S/c1-4-23(3,21(30)26-19-12-10-17(2)11-13-19)28(14-18-8-6-5-7-9-18)20(29)15-31-22-24-16-25-27-22/h5-13,16H,4,14-15H2,1-3H3,(H,26,30)(H,24,25,27)/t23-/m0/s1. The lowest BCUT2D eigenvalue weighted by Crippen LogP contribution is -2.57. The van der Waals surface area contributed by atoms with E-state index >= 15 is 0 Å². The molecule has 8 heteroatoms. The maximum absolute atomic E-state index is 13.4. The van der Waals surface area contributed by atoms with Crippen molar-refractivity contribution in [3.8, 4) is 0 Å². The van der Waals surface area contributed by atoms with Gasteiger partial charge in [-0.05, 0) is 38.0 Å². The number of benzene rings is 2. The second-order valence-electron chi connectivity index (χ2n) is 7.49. The zero-order chi connectivity index (χ0) is 22.3. The summed E-state index contributed by atoms with van der Waals surface area (Å²) in [4.78, 5) is 32.4. The number of hydrogen-bond donors (Lipinski definition) is 2. The van der Waals surface area contributed by atoms with Crippen molar-refractivity contribution < 1.29 is 9.59 Å². The van der Waals surface area contributed by atoms with E-state index in [0.29, 0.717) is 23.8 Å². The van der Waals surface area contributed by atoms with E-state index in [-0.39, 0.29) is 17.6 Å². The largest absolute Gasteiger partial charge is 0.324 e. The Kier molecular flexibility index (Phi) is 7.46. The van der Waals surface area contributed by atoms with Gasteiger partial charge in [-0.25, -0.2) is 4.98 Å². The van der Waals surface area contributed by atoms with E-state index in [2.05, 4.69) is 20.5 Å². The van der Waals surface area contributed by atoms with E-state index < -0.39 is 5.54 Å². The van der Waals surface area contributed by atoms with Gasteiger partial charge in [0.25, 0.3) is 0 Å². The first kappa shape index (κ1) is 22.6. The van der Waals surface area contributed by atoms with Gasteiger partial charge in [-0.3, -0.25) is 14.7 Å². The third-order valence-electron chi connectivity index (χ3n) is 5.29. The fraction of sp³-hybridized carbons (Fsp3) is 0.304. The van der Waals surface area contributed by atoms with E-state index in [0.717, 1.165) is 11.1 Å². The van der Waals surface area contributed by atoms with Gasteiger partial charge in [0, 0.05) is 12.2 Å². The Morgan fingerprint density at radius 2 is 1.84 bits per heavy atom. The topological polar surface area (TPSA) is 91.0 Å². The third kappa shape index (κ3) is 5.73. The summed E-state index contributed by atoms with van der Waals surface area (Å²) in [6, 6.07) is 17.3. The molecule has 0 saturated heterocycles. The van der Waals surface area contributed by atoms with Crippen LogP contribution in [0.1, 0.15) is 31.4 Å². The number of carbonyl (C=O) groups is 2. The minimum Gasteiger partial charge on any atom is -0.324 e. The van der Waals surface area contributed by atoms with Crippen LogP contribution in [0, 0.1) is 6.92 Å². The van der Waals surface area contributed by atoms with Crippen LogP contribution in [0.15, 0.2) is 66.1 Å². The van der Waals surface area contributed by atoms with Crippen molar-refractivity contribution in [1.29, 1.82) is 0 Å². The van der Waals surface area contributed by atoms with E-state index in [1.807, 2.05) is 75.4 Å². The molecule has 0 radical (unpaired) electrons. The summed E-state index contributed by atoms with van der Waals surface area (Å²) in [5, 5.41) is 10.1. The molecule has 162 valence electrons. The Hall–Kier alpha value is -3.13. The van der Waals surface area contributed by atoms with Gasteiger partial charge in [0.05, 0.1) is 5.75 Å². The number of amides is 2. The fourth-order valence-corrected chi connectivity index (χ4v) is 3.81. The van der Waals surface area contributed by atoms with Gasteiger partial charge in [0.15, 0.2) is 5.16 Å². The number of hydrogen-bond acceptors (Lipinski definition) is 5. The Morgan fingerprint density at radius 3 is 2.45 bits per heavy atom. The van der Waals surface area contributed by atoms with Gasteiger partial charge >= 0.3 is 0 Å². The molecule has 1 atom stereocenters. The predicted molar refractivity (Wildman–Crippen MR) is 123 cm³/mol. The van der Waals surface area contributed by atoms with Crippen molar-refractivity contribution in [1.82, 2.24) is 20.1 Å². The lowest BCUT2D eigenvalue weighted by atomic mass is 9.93. The summed E-state index contributed by atoms with van der Waals surface area (Å²) in [6.45, 7) is 6.07. The number of anilines is 1. The van der Waals surface area contributed by atoms with Crippen molar-refractivity contribution >= 4 is 29.3 Å². The minimum absolute atomic E-state index is 0.145. The van der Waals surface area contributed by atoms with Gasteiger partial charge < -0.3 is 10.2 Å². The van der Waals surface area contributed by atoms with Crippen molar-refractivity contribution in [2.45, 2.75) is 44.4 Å². The molecule has 1 aromatic heterocycles. The number of aromatic amines is 1. The molecule has 0 saturated carbocycles. The maximum atomic E-state index is 13.4. The molecule has 0 aliphatic heterocycles. The van der Waals surface area contributed by atoms with Crippen LogP contribution in [-0.4, -0.2) is 43.2 Å². The summed E-state index contributed by atoms with van der Waals surface area (Å²) in [7, 11) is 0. The minimum atomic E-state index is -1.03. The number of thioether (sulfide) groups is 1. The van der Waals surface area contributed by atoms with Crippen LogP contribution in [0.2, 0.25) is 0 Å². The molecule has 0 bridgehead atoms. The lowest BCUT2D eigenvalue weighted by molar-refractivity contribution is -0.143. The second-order valence-corrected chi connectivity index (χ2v) is 8.46. The first-order valence-electron chi connectivity index (χ1n) is 10.1. The number of nitrogens with one attached hydrogen (secondary N) is 2. The fourth-order valence-electron chi connectivity index (χ4n) is 3.15. The molecule has 2 amide bonds. The Morgan fingerprint density at radius 1 is 1.13 bits per heavy atom. The molecule has 2 aromatic carbocycles. The molecule has 0 aliphatic rings. The summed E-state index contributed by atoms with van der Waals surface area (Å²) in [5.74, 6) is -0.212. The van der Waals surface area contributed by atoms with E-state index in [1.54, 1.807) is 4.90 Å². The molecule has 0 aliphatic carbocycles. The highest BCUT2D eigenvalue weighted by Crippen LogP contribution is 2.26. The van der Waals surface area contributed by atoms with Crippen molar-refractivity contribution in [3.05, 3.63) is 72.1 Å². The van der Waals surface area contributed by atoms with Gasteiger partial charge in [0.1, 0.15) is 11.9 Å². The average Bonchev–Trinajstić information content (AvgIpc) is 3.31. The molecule has 1 heterocycles. The van der Waals surface area contributed by atoms with Crippen LogP contribution in [-0.2, 0) is 16.1 Å². The number of nitrogens with zero attached hydrogens (tertiary/aromatic N) is 3. The third-order valence-corrected chi connectivity index (χ3v) is 6.15. The molecule has 0 fully saturated rings. The van der Waals surface area contributed by atoms with Crippen LogP contribution in [0.4, 0.5) is 5.69 Å². The monoisotopic (exact) mass is 437 g/mol. The maximum Gasteiger partial charge on any atom is 0.250 e. The van der Waals surface area contributed by atoms with Crippen molar-refractivity contribution in [2.75, 3.05) is 11.1 Å². The smallest absolute Gasteiger partial charge is 0.250 e. The summed E-state index contributed by atoms with van der Waals surface area (Å²) >= 11 is 1.27. The summed E-state index contributed by atoms with van der Waals surface area (Å²) in [5.41, 5.74) is 1.75. The van der Waals surface area contributed by atoms with Gasteiger partial charge in [-0.1, -0.05) is 66.7 Å². The van der Waals surface area contributed by atoms with Crippen molar-refractivity contribution in [3.63, 3.8) is 0 Å². The predicted octanol–water partition coefficient (Wildman–Crippen LogP) is 4.04. The molecular weight excluding hydrogens is 410 g/mol.